The first-order chi connectivity index (χ1) is 13.1. The number of ether oxygens (including phenoxy) is 1. The van der Waals surface area contributed by atoms with E-state index in [0.717, 1.165) is 30.9 Å². The van der Waals surface area contributed by atoms with Crippen LogP contribution >= 0.6 is 0 Å². The van der Waals surface area contributed by atoms with Crippen LogP contribution in [0.5, 0.6) is 0 Å². The van der Waals surface area contributed by atoms with E-state index in [1.165, 1.54) is 0 Å². The standard InChI is InChI=1S/C20H33N3O4S/c1-20(2,3)28(25,26)21-13-6-5-7-19(24)22-16-8-10-17(11-9-16)23-14-12-18(15-23)27-4/h8-11,18,21H,5-7,12-15H2,1-4H3,(H,22,24). The summed E-state index contributed by atoms with van der Waals surface area (Å²) in [6.07, 6.45) is 2.92. The van der Waals surface area contributed by atoms with Crippen LogP contribution in [0.15, 0.2) is 24.3 Å². The molecule has 8 heteroatoms. The number of anilines is 2. The van der Waals surface area contributed by atoms with Gasteiger partial charge in [-0.1, -0.05) is 0 Å². The smallest absolute Gasteiger partial charge is 0.224 e. The van der Waals surface area contributed by atoms with Crippen LogP contribution in [0.1, 0.15) is 46.5 Å². The molecular weight excluding hydrogens is 378 g/mol. The molecular formula is C20H33N3O4S. The van der Waals surface area contributed by atoms with Gasteiger partial charge in [0.25, 0.3) is 0 Å². The van der Waals surface area contributed by atoms with Gasteiger partial charge in [-0.05, 0) is 64.3 Å². The Bertz CT molecular complexity index is 742. The van der Waals surface area contributed by atoms with Crippen molar-refractivity contribution >= 4 is 27.3 Å². The highest BCUT2D eigenvalue weighted by Gasteiger charge is 2.28. The number of methoxy groups -OCH3 is 1. The predicted octanol–water partition coefficient (Wildman–Crippen LogP) is 2.74. The second-order valence-electron chi connectivity index (χ2n) is 8.15. The maximum Gasteiger partial charge on any atom is 0.224 e. The molecule has 0 radical (unpaired) electrons. The molecule has 1 aromatic rings. The minimum Gasteiger partial charge on any atom is -0.380 e. The number of rotatable bonds is 9. The number of carbonyl (C=O) groups excluding carboxylic acids is 1. The topological polar surface area (TPSA) is 87.7 Å². The first-order valence-electron chi connectivity index (χ1n) is 9.79. The zero-order chi connectivity index (χ0) is 20.8. The molecule has 0 saturated carbocycles. The van der Waals surface area contributed by atoms with Gasteiger partial charge >= 0.3 is 0 Å². The number of carbonyl (C=O) groups is 1. The van der Waals surface area contributed by atoms with Crippen LogP contribution in [0, 0.1) is 0 Å². The average molecular weight is 412 g/mol. The van der Waals surface area contributed by atoms with Gasteiger partial charge in [-0.3, -0.25) is 4.79 Å². The lowest BCUT2D eigenvalue weighted by atomic mass is 10.2. The third kappa shape index (κ3) is 6.46. The Balaban J connectivity index is 1.69. The molecule has 0 aliphatic carbocycles. The van der Waals surface area contributed by atoms with Crippen molar-refractivity contribution in [1.29, 1.82) is 0 Å². The second-order valence-corrected chi connectivity index (χ2v) is 10.7. The molecule has 1 aliphatic rings. The Hall–Kier alpha value is -1.64. The van der Waals surface area contributed by atoms with E-state index in [-0.39, 0.29) is 12.0 Å². The van der Waals surface area contributed by atoms with Crippen LogP contribution in [-0.2, 0) is 19.6 Å². The summed E-state index contributed by atoms with van der Waals surface area (Å²) >= 11 is 0. The molecule has 1 unspecified atom stereocenters. The quantitative estimate of drug-likeness (QED) is 0.610. The number of unbranched alkanes of at least 4 members (excludes halogenated alkanes) is 1. The number of sulfonamides is 1. The van der Waals surface area contributed by atoms with Crippen molar-refractivity contribution in [1.82, 2.24) is 4.72 Å². The SMILES string of the molecule is COC1CCN(c2ccc(NC(=O)CCCCNS(=O)(=O)C(C)(C)C)cc2)C1. The van der Waals surface area contributed by atoms with E-state index in [9.17, 15) is 13.2 Å². The molecule has 0 spiro atoms. The normalized spacial score (nSPS) is 17.7. The summed E-state index contributed by atoms with van der Waals surface area (Å²) in [4.78, 5) is 14.4. The third-order valence-electron chi connectivity index (χ3n) is 4.92. The van der Waals surface area contributed by atoms with E-state index >= 15 is 0 Å². The molecule has 2 N–H and O–H groups in total. The van der Waals surface area contributed by atoms with Gasteiger partial charge < -0.3 is 15.0 Å². The number of benzene rings is 1. The third-order valence-corrected chi connectivity index (χ3v) is 7.12. The summed E-state index contributed by atoms with van der Waals surface area (Å²) in [6.45, 7) is 7.19. The number of nitrogens with one attached hydrogen (secondary N) is 2. The summed E-state index contributed by atoms with van der Waals surface area (Å²) in [6, 6.07) is 7.83. The Morgan fingerprint density at radius 3 is 2.46 bits per heavy atom. The molecule has 0 bridgehead atoms. The van der Waals surface area contributed by atoms with E-state index in [1.807, 2.05) is 24.3 Å². The van der Waals surface area contributed by atoms with Crippen LogP contribution in [0.2, 0.25) is 0 Å². The minimum absolute atomic E-state index is 0.0629. The molecule has 28 heavy (non-hydrogen) atoms. The Kier molecular flexibility index (Phi) is 7.86. The van der Waals surface area contributed by atoms with Crippen LogP contribution < -0.4 is 14.9 Å². The first kappa shape index (κ1) is 22.6. The Morgan fingerprint density at radius 1 is 1.21 bits per heavy atom. The predicted molar refractivity (Wildman–Crippen MR) is 113 cm³/mol. The second kappa shape index (κ2) is 9.71. The van der Waals surface area contributed by atoms with Crippen LogP contribution in [-0.4, -0.2) is 51.9 Å². The maximum absolute atomic E-state index is 12.1. The highest BCUT2D eigenvalue weighted by molar-refractivity contribution is 7.90. The zero-order valence-electron chi connectivity index (χ0n) is 17.3. The Labute approximate surface area is 168 Å². The fourth-order valence-corrected chi connectivity index (χ4v) is 3.81. The molecule has 1 aliphatic heterocycles. The van der Waals surface area contributed by atoms with Gasteiger partial charge in [0.05, 0.1) is 10.9 Å². The highest BCUT2D eigenvalue weighted by atomic mass is 32.2. The fraction of sp³-hybridized carbons (Fsp3) is 0.650. The molecule has 1 atom stereocenters. The van der Waals surface area contributed by atoms with Crippen molar-refractivity contribution in [2.75, 3.05) is 37.0 Å². The molecule has 158 valence electrons. The lowest BCUT2D eigenvalue weighted by Gasteiger charge is -2.19. The summed E-state index contributed by atoms with van der Waals surface area (Å²) in [5.74, 6) is -0.0629. The van der Waals surface area contributed by atoms with Crippen LogP contribution in [0.4, 0.5) is 11.4 Å². The lowest BCUT2D eigenvalue weighted by molar-refractivity contribution is -0.116. The van der Waals surface area contributed by atoms with Crippen molar-refractivity contribution in [3.05, 3.63) is 24.3 Å². The number of hydrogen-bond donors (Lipinski definition) is 2. The molecule has 1 heterocycles. The largest absolute Gasteiger partial charge is 0.380 e. The van der Waals surface area contributed by atoms with E-state index in [2.05, 4.69) is 14.9 Å². The first-order valence-corrected chi connectivity index (χ1v) is 11.3. The molecule has 1 aromatic carbocycles. The van der Waals surface area contributed by atoms with Crippen LogP contribution in [0.25, 0.3) is 0 Å². The van der Waals surface area contributed by atoms with Crippen molar-refractivity contribution in [2.45, 2.75) is 57.3 Å². The molecule has 2 rings (SSSR count). The number of amides is 1. The van der Waals surface area contributed by atoms with Gasteiger partial charge in [0.1, 0.15) is 0 Å². The van der Waals surface area contributed by atoms with Gasteiger partial charge in [0.2, 0.25) is 15.9 Å². The highest BCUT2D eigenvalue weighted by Crippen LogP contribution is 2.23. The van der Waals surface area contributed by atoms with Gasteiger partial charge in [0.15, 0.2) is 0 Å². The number of hydrogen-bond acceptors (Lipinski definition) is 5. The summed E-state index contributed by atoms with van der Waals surface area (Å²) in [5, 5.41) is 2.89. The van der Waals surface area contributed by atoms with Crippen molar-refractivity contribution in [3.63, 3.8) is 0 Å². The zero-order valence-corrected chi connectivity index (χ0v) is 18.1. The van der Waals surface area contributed by atoms with Crippen molar-refractivity contribution in [3.8, 4) is 0 Å². The monoisotopic (exact) mass is 411 g/mol. The van der Waals surface area contributed by atoms with Crippen molar-refractivity contribution in [2.24, 2.45) is 0 Å². The van der Waals surface area contributed by atoms with Gasteiger partial charge in [-0.15, -0.1) is 0 Å². The van der Waals surface area contributed by atoms with E-state index in [4.69, 9.17) is 4.74 Å². The molecule has 1 fully saturated rings. The summed E-state index contributed by atoms with van der Waals surface area (Å²) < 4.78 is 31.1. The molecule has 7 nitrogen and oxygen atoms in total. The van der Waals surface area contributed by atoms with Gasteiger partial charge in [0, 0.05) is 44.5 Å². The molecule has 1 amide bonds. The number of nitrogens with zero attached hydrogens (tertiary/aromatic N) is 1. The van der Waals surface area contributed by atoms with Gasteiger partial charge in [-0.25, -0.2) is 13.1 Å². The Morgan fingerprint density at radius 2 is 1.89 bits per heavy atom. The van der Waals surface area contributed by atoms with Gasteiger partial charge in [-0.2, -0.15) is 0 Å². The van der Waals surface area contributed by atoms with Crippen LogP contribution in [0.3, 0.4) is 0 Å². The van der Waals surface area contributed by atoms with E-state index in [0.29, 0.717) is 25.8 Å². The minimum atomic E-state index is -3.33. The van der Waals surface area contributed by atoms with Crippen molar-refractivity contribution < 1.29 is 17.9 Å². The molecule has 1 saturated heterocycles. The van der Waals surface area contributed by atoms with E-state index < -0.39 is 14.8 Å². The fourth-order valence-electron chi connectivity index (χ4n) is 2.97. The summed E-state index contributed by atoms with van der Waals surface area (Å²) in [5.41, 5.74) is 1.90. The average Bonchev–Trinajstić information content (AvgIpc) is 3.10. The maximum atomic E-state index is 12.1. The lowest BCUT2D eigenvalue weighted by Crippen LogP contribution is -2.39. The summed E-state index contributed by atoms with van der Waals surface area (Å²) in [7, 11) is -1.58. The van der Waals surface area contributed by atoms with E-state index in [1.54, 1.807) is 27.9 Å². The molecule has 0 aromatic heterocycles.